The van der Waals surface area contributed by atoms with Crippen molar-refractivity contribution in [1.29, 1.82) is 0 Å². The fourth-order valence-corrected chi connectivity index (χ4v) is 2.32. The lowest BCUT2D eigenvalue weighted by molar-refractivity contribution is 0.103. The molecule has 0 aliphatic heterocycles. The first kappa shape index (κ1) is 10.5. The third-order valence-corrected chi connectivity index (χ3v) is 3.37. The summed E-state index contributed by atoms with van der Waals surface area (Å²) in [5.41, 5.74) is 2.93. The maximum atomic E-state index is 11.9. The van der Waals surface area contributed by atoms with Crippen molar-refractivity contribution in [2.45, 2.75) is 24.7 Å². The number of hydrogen-bond donors (Lipinski definition) is 0. The van der Waals surface area contributed by atoms with Crippen molar-refractivity contribution >= 4 is 23.6 Å². The highest BCUT2D eigenvalue weighted by molar-refractivity contribution is 7.98. The maximum Gasteiger partial charge on any atom is 0.189 e. The molecule has 0 atom stereocenters. The first-order chi connectivity index (χ1) is 7.26. The molecule has 0 unspecified atom stereocenters. The van der Waals surface area contributed by atoms with Gasteiger partial charge in [0, 0.05) is 16.0 Å². The fourth-order valence-electron chi connectivity index (χ4n) is 1.88. The van der Waals surface area contributed by atoms with E-state index in [2.05, 4.69) is 19.2 Å². The molecule has 0 fully saturated rings. The Morgan fingerprint density at radius 3 is 2.80 bits per heavy atom. The van der Waals surface area contributed by atoms with Gasteiger partial charge in [0.15, 0.2) is 5.78 Å². The minimum Gasteiger partial charge on any atom is -0.289 e. The van der Waals surface area contributed by atoms with Gasteiger partial charge in [-0.2, -0.15) is 0 Å². The Balaban J connectivity index is 2.38. The van der Waals surface area contributed by atoms with Crippen molar-refractivity contribution in [3.05, 3.63) is 34.9 Å². The highest BCUT2D eigenvalue weighted by Crippen LogP contribution is 2.30. The van der Waals surface area contributed by atoms with Crippen LogP contribution in [-0.4, -0.2) is 12.0 Å². The molecule has 0 amide bonds. The number of carbonyl (C=O) groups is 1. The van der Waals surface area contributed by atoms with E-state index < -0.39 is 0 Å². The molecule has 0 aromatic heterocycles. The minimum absolute atomic E-state index is 0.222. The summed E-state index contributed by atoms with van der Waals surface area (Å²) in [4.78, 5) is 13.1. The normalized spacial score (nSPS) is 14.0. The van der Waals surface area contributed by atoms with Crippen LogP contribution in [0.5, 0.6) is 0 Å². The number of ketones is 1. The predicted molar refractivity (Wildman–Crippen MR) is 65.4 cm³/mol. The van der Waals surface area contributed by atoms with Crippen LogP contribution in [0.3, 0.4) is 0 Å². The Morgan fingerprint density at radius 2 is 2.13 bits per heavy atom. The molecule has 2 heteroatoms. The molecule has 0 radical (unpaired) electrons. The van der Waals surface area contributed by atoms with Crippen molar-refractivity contribution in [2.24, 2.45) is 0 Å². The monoisotopic (exact) mass is 218 g/mol. The molecule has 1 nitrogen and oxygen atoms in total. The summed E-state index contributed by atoms with van der Waals surface area (Å²) >= 11 is 1.71. The second-order valence-electron chi connectivity index (χ2n) is 3.70. The molecule has 1 aromatic carbocycles. The van der Waals surface area contributed by atoms with Crippen LogP contribution in [0.1, 0.15) is 35.7 Å². The van der Waals surface area contributed by atoms with E-state index in [1.807, 2.05) is 18.2 Å². The molecule has 0 saturated carbocycles. The zero-order chi connectivity index (χ0) is 10.8. The van der Waals surface area contributed by atoms with E-state index >= 15 is 0 Å². The van der Waals surface area contributed by atoms with Gasteiger partial charge in [0.25, 0.3) is 0 Å². The lowest BCUT2D eigenvalue weighted by Gasteiger charge is -2.00. The Labute approximate surface area is 94.6 Å². The molecule has 0 saturated heterocycles. The van der Waals surface area contributed by atoms with Crippen molar-refractivity contribution < 1.29 is 4.79 Å². The molecule has 0 heterocycles. The number of rotatable bonds is 3. The summed E-state index contributed by atoms with van der Waals surface area (Å²) < 4.78 is 0. The van der Waals surface area contributed by atoms with E-state index in [9.17, 15) is 4.79 Å². The molecule has 78 valence electrons. The number of Topliss-reactive ketones (excluding diaryl/α,β-unsaturated/α-hetero) is 1. The van der Waals surface area contributed by atoms with Crippen LogP contribution < -0.4 is 0 Å². The van der Waals surface area contributed by atoms with Crippen molar-refractivity contribution in [3.8, 4) is 0 Å². The SMILES string of the molecule is CCCC1=Cc2cc(SC)ccc2C1=O. The first-order valence-electron chi connectivity index (χ1n) is 5.19. The Bertz CT molecular complexity index is 432. The molecule has 1 aromatic rings. The molecule has 0 bridgehead atoms. The zero-order valence-corrected chi connectivity index (χ0v) is 9.86. The number of thioether (sulfide) groups is 1. The van der Waals surface area contributed by atoms with E-state index in [1.165, 1.54) is 4.90 Å². The van der Waals surface area contributed by atoms with E-state index in [-0.39, 0.29) is 5.78 Å². The highest BCUT2D eigenvalue weighted by atomic mass is 32.2. The number of allylic oxidation sites excluding steroid dienone is 1. The maximum absolute atomic E-state index is 11.9. The molecule has 0 spiro atoms. The number of hydrogen-bond acceptors (Lipinski definition) is 2. The standard InChI is InChI=1S/C13H14OS/c1-3-4-9-7-10-8-11(15-2)5-6-12(10)13(9)14/h5-8H,3-4H2,1-2H3. The third-order valence-electron chi connectivity index (χ3n) is 2.64. The average Bonchev–Trinajstić information content (AvgIpc) is 2.56. The van der Waals surface area contributed by atoms with Crippen molar-refractivity contribution in [2.75, 3.05) is 6.26 Å². The highest BCUT2D eigenvalue weighted by Gasteiger charge is 2.21. The lowest BCUT2D eigenvalue weighted by atomic mass is 10.1. The second-order valence-corrected chi connectivity index (χ2v) is 4.58. The number of fused-ring (bicyclic) bond motifs is 1. The van der Waals surface area contributed by atoms with Crippen LogP contribution in [0.2, 0.25) is 0 Å². The third kappa shape index (κ3) is 1.86. The lowest BCUT2D eigenvalue weighted by Crippen LogP contribution is -1.98. The van der Waals surface area contributed by atoms with E-state index in [0.29, 0.717) is 0 Å². The van der Waals surface area contributed by atoms with Crippen molar-refractivity contribution in [1.82, 2.24) is 0 Å². The van der Waals surface area contributed by atoms with Gasteiger partial charge < -0.3 is 0 Å². The van der Waals surface area contributed by atoms with Gasteiger partial charge in [0.2, 0.25) is 0 Å². The van der Waals surface area contributed by atoms with E-state index in [0.717, 1.165) is 29.5 Å². The zero-order valence-electron chi connectivity index (χ0n) is 9.04. The molecule has 1 aliphatic rings. The summed E-state index contributed by atoms with van der Waals surface area (Å²) in [6.45, 7) is 2.10. The van der Waals surface area contributed by atoms with Crippen LogP contribution in [0.4, 0.5) is 0 Å². The van der Waals surface area contributed by atoms with Gasteiger partial charge in [-0.05, 0) is 42.5 Å². The molecule has 15 heavy (non-hydrogen) atoms. The number of carbonyl (C=O) groups excluding carboxylic acids is 1. The van der Waals surface area contributed by atoms with E-state index in [4.69, 9.17) is 0 Å². The minimum atomic E-state index is 0.222. The summed E-state index contributed by atoms with van der Waals surface area (Å²) in [6.07, 6.45) is 6.01. The summed E-state index contributed by atoms with van der Waals surface area (Å²) in [7, 11) is 0. The Kier molecular flexibility index (Phi) is 2.96. The Hall–Kier alpha value is -1.02. The van der Waals surface area contributed by atoms with Crippen LogP contribution in [0, 0.1) is 0 Å². The van der Waals surface area contributed by atoms with Gasteiger partial charge in [-0.3, -0.25) is 4.79 Å². The van der Waals surface area contributed by atoms with Crippen LogP contribution in [0.15, 0.2) is 28.7 Å². The van der Waals surface area contributed by atoms with Crippen LogP contribution >= 0.6 is 11.8 Å². The first-order valence-corrected chi connectivity index (χ1v) is 6.42. The average molecular weight is 218 g/mol. The topological polar surface area (TPSA) is 17.1 Å². The molecular weight excluding hydrogens is 204 g/mol. The molecular formula is C13H14OS. The summed E-state index contributed by atoms with van der Waals surface area (Å²) in [5, 5.41) is 0. The molecule has 0 N–H and O–H groups in total. The second kappa shape index (κ2) is 4.23. The van der Waals surface area contributed by atoms with Gasteiger partial charge in [-0.15, -0.1) is 11.8 Å². The van der Waals surface area contributed by atoms with Gasteiger partial charge in [0.1, 0.15) is 0 Å². The predicted octanol–water partition coefficient (Wildman–Crippen LogP) is 3.79. The largest absolute Gasteiger partial charge is 0.289 e. The van der Waals surface area contributed by atoms with Gasteiger partial charge >= 0.3 is 0 Å². The summed E-state index contributed by atoms with van der Waals surface area (Å²) in [5.74, 6) is 0.222. The summed E-state index contributed by atoms with van der Waals surface area (Å²) in [6, 6.07) is 6.06. The van der Waals surface area contributed by atoms with Gasteiger partial charge in [0.05, 0.1) is 0 Å². The Morgan fingerprint density at radius 1 is 1.33 bits per heavy atom. The fraction of sp³-hybridized carbons (Fsp3) is 0.308. The smallest absolute Gasteiger partial charge is 0.189 e. The molecule has 1 aliphatic carbocycles. The molecule has 2 rings (SSSR count). The quantitative estimate of drug-likeness (QED) is 0.718. The van der Waals surface area contributed by atoms with Crippen molar-refractivity contribution in [3.63, 3.8) is 0 Å². The van der Waals surface area contributed by atoms with Crippen LogP contribution in [0.25, 0.3) is 6.08 Å². The number of benzene rings is 1. The van der Waals surface area contributed by atoms with Gasteiger partial charge in [-0.1, -0.05) is 13.3 Å². The van der Waals surface area contributed by atoms with Gasteiger partial charge in [-0.25, -0.2) is 0 Å². The van der Waals surface area contributed by atoms with E-state index in [1.54, 1.807) is 11.8 Å². The van der Waals surface area contributed by atoms with Crippen LogP contribution in [-0.2, 0) is 0 Å².